The summed E-state index contributed by atoms with van der Waals surface area (Å²) in [6.07, 6.45) is 13.1. The molecule has 0 rings (SSSR count). The average Bonchev–Trinajstić information content (AvgIpc) is 2.16. The molecule has 0 aromatic rings. The summed E-state index contributed by atoms with van der Waals surface area (Å²) < 4.78 is 5.55. The third-order valence-electron chi connectivity index (χ3n) is 2.31. The lowest BCUT2D eigenvalue weighted by molar-refractivity contribution is 0.0248. The Kier molecular flexibility index (Phi) is 7.61. The number of terminal acetylenes is 1. The average molecular weight is 196 g/mol. The Morgan fingerprint density at radius 3 is 2.21 bits per heavy atom. The predicted octanol–water partition coefficient (Wildman–Crippen LogP) is 3.78. The molecule has 0 saturated carbocycles. The highest BCUT2D eigenvalue weighted by Crippen LogP contribution is 2.10. The second-order valence-electron chi connectivity index (χ2n) is 4.27. The normalized spacial score (nSPS) is 11.3. The molecule has 0 amide bonds. The van der Waals surface area contributed by atoms with E-state index in [0.717, 1.165) is 13.0 Å². The van der Waals surface area contributed by atoms with Gasteiger partial charge < -0.3 is 4.74 Å². The molecule has 0 aliphatic heterocycles. The van der Waals surface area contributed by atoms with E-state index in [0.29, 0.717) is 0 Å². The molecule has 0 radical (unpaired) electrons. The molecule has 1 heteroatoms. The van der Waals surface area contributed by atoms with Gasteiger partial charge in [0.2, 0.25) is 0 Å². The Morgan fingerprint density at radius 2 is 1.64 bits per heavy atom. The van der Waals surface area contributed by atoms with Gasteiger partial charge in [-0.15, -0.1) is 6.42 Å². The van der Waals surface area contributed by atoms with Gasteiger partial charge >= 0.3 is 0 Å². The molecule has 0 aliphatic rings. The van der Waals surface area contributed by atoms with Crippen molar-refractivity contribution in [2.24, 2.45) is 0 Å². The number of ether oxygens (including phenoxy) is 1. The van der Waals surface area contributed by atoms with E-state index in [2.05, 4.69) is 12.8 Å². The van der Waals surface area contributed by atoms with Crippen LogP contribution in [0.2, 0.25) is 0 Å². The van der Waals surface area contributed by atoms with Crippen LogP contribution in [0.3, 0.4) is 0 Å². The van der Waals surface area contributed by atoms with E-state index in [1.165, 1.54) is 32.1 Å². The van der Waals surface area contributed by atoms with Crippen LogP contribution in [0, 0.1) is 12.3 Å². The van der Waals surface area contributed by atoms with E-state index in [1.54, 1.807) is 0 Å². The van der Waals surface area contributed by atoms with Crippen molar-refractivity contribution in [3.63, 3.8) is 0 Å². The zero-order valence-electron chi connectivity index (χ0n) is 9.94. The zero-order chi connectivity index (χ0) is 10.9. The molecule has 82 valence electrons. The van der Waals surface area contributed by atoms with E-state index in [1.807, 2.05) is 13.8 Å². The highest BCUT2D eigenvalue weighted by Gasteiger charge is 2.12. The smallest absolute Gasteiger partial charge is 0.122 e. The molecule has 0 unspecified atom stereocenters. The second kappa shape index (κ2) is 7.88. The van der Waals surface area contributed by atoms with Gasteiger partial charge in [-0.1, -0.05) is 44.9 Å². The van der Waals surface area contributed by atoms with Crippen molar-refractivity contribution in [2.45, 2.75) is 64.9 Å². The van der Waals surface area contributed by atoms with Crippen molar-refractivity contribution in [3.8, 4) is 12.3 Å². The maximum absolute atomic E-state index is 5.55. The van der Waals surface area contributed by atoms with E-state index >= 15 is 0 Å². The first kappa shape index (κ1) is 13.5. The summed E-state index contributed by atoms with van der Waals surface area (Å²) in [5.41, 5.74) is -0.385. The van der Waals surface area contributed by atoms with E-state index < -0.39 is 0 Å². The molecule has 0 fully saturated rings. The number of unbranched alkanes of at least 4 members (excludes halogenated alkanes) is 5. The van der Waals surface area contributed by atoms with Crippen LogP contribution in [0.5, 0.6) is 0 Å². The number of rotatable bonds is 8. The largest absolute Gasteiger partial charge is 0.363 e. The fourth-order valence-electron chi connectivity index (χ4n) is 1.25. The molecule has 0 heterocycles. The van der Waals surface area contributed by atoms with Crippen molar-refractivity contribution in [1.82, 2.24) is 0 Å². The highest BCUT2D eigenvalue weighted by molar-refractivity contribution is 5.02. The van der Waals surface area contributed by atoms with Crippen molar-refractivity contribution in [2.75, 3.05) is 6.61 Å². The van der Waals surface area contributed by atoms with Gasteiger partial charge in [0.15, 0.2) is 0 Å². The summed E-state index contributed by atoms with van der Waals surface area (Å²) in [4.78, 5) is 0. The van der Waals surface area contributed by atoms with Gasteiger partial charge in [0.1, 0.15) is 5.60 Å². The quantitative estimate of drug-likeness (QED) is 0.424. The first-order valence-corrected chi connectivity index (χ1v) is 5.74. The summed E-state index contributed by atoms with van der Waals surface area (Å²) in [6.45, 7) is 6.90. The molecule has 0 spiro atoms. The molecule has 0 bridgehead atoms. The first-order valence-electron chi connectivity index (χ1n) is 5.74. The molecule has 1 nitrogen and oxygen atoms in total. The monoisotopic (exact) mass is 196 g/mol. The lowest BCUT2D eigenvalue weighted by Crippen LogP contribution is -2.22. The topological polar surface area (TPSA) is 9.23 Å². The minimum atomic E-state index is -0.385. The first-order chi connectivity index (χ1) is 6.62. The Morgan fingerprint density at radius 1 is 1.07 bits per heavy atom. The molecule has 0 aromatic heterocycles. The second-order valence-corrected chi connectivity index (χ2v) is 4.27. The summed E-state index contributed by atoms with van der Waals surface area (Å²) in [7, 11) is 0. The molecule has 0 aromatic carbocycles. The molecule has 0 atom stereocenters. The molecular formula is C13H24O. The Labute approximate surface area is 89.2 Å². The third kappa shape index (κ3) is 8.13. The van der Waals surface area contributed by atoms with Crippen LogP contribution in [-0.2, 0) is 4.74 Å². The summed E-state index contributed by atoms with van der Waals surface area (Å²) in [6, 6.07) is 0. The third-order valence-corrected chi connectivity index (χ3v) is 2.31. The maximum atomic E-state index is 5.55. The van der Waals surface area contributed by atoms with Crippen molar-refractivity contribution >= 4 is 0 Å². The summed E-state index contributed by atoms with van der Waals surface area (Å²) >= 11 is 0. The molecule has 0 saturated heterocycles. The molecule has 14 heavy (non-hydrogen) atoms. The number of hydrogen-bond acceptors (Lipinski definition) is 1. The lowest BCUT2D eigenvalue weighted by Gasteiger charge is -2.18. The maximum Gasteiger partial charge on any atom is 0.122 e. The molecule has 0 aliphatic carbocycles. The van der Waals surface area contributed by atoms with Gasteiger partial charge in [-0.2, -0.15) is 0 Å². The predicted molar refractivity (Wildman–Crippen MR) is 62.2 cm³/mol. The minimum absolute atomic E-state index is 0.385. The van der Waals surface area contributed by atoms with Gasteiger partial charge in [-0.25, -0.2) is 0 Å². The van der Waals surface area contributed by atoms with Crippen LogP contribution in [0.25, 0.3) is 0 Å². The standard InChI is InChI=1S/C13H24O/c1-5-7-8-9-10-11-12-14-13(3,4)6-2/h2H,5,7-12H2,1,3-4H3. The van der Waals surface area contributed by atoms with Crippen LogP contribution in [0.4, 0.5) is 0 Å². The van der Waals surface area contributed by atoms with Crippen LogP contribution >= 0.6 is 0 Å². The Hall–Kier alpha value is -0.480. The van der Waals surface area contributed by atoms with E-state index in [9.17, 15) is 0 Å². The van der Waals surface area contributed by atoms with E-state index in [4.69, 9.17) is 11.2 Å². The SMILES string of the molecule is C#CC(C)(C)OCCCCCCCC. The van der Waals surface area contributed by atoms with Gasteiger partial charge in [0.05, 0.1) is 0 Å². The highest BCUT2D eigenvalue weighted by atomic mass is 16.5. The Bertz CT molecular complexity index is 165. The van der Waals surface area contributed by atoms with Gasteiger partial charge in [0.25, 0.3) is 0 Å². The number of hydrogen-bond donors (Lipinski definition) is 0. The molecule has 0 N–H and O–H groups in total. The Balaban J connectivity index is 3.18. The molecular weight excluding hydrogens is 172 g/mol. The van der Waals surface area contributed by atoms with Crippen molar-refractivity contribution in [1.29, 1.82) is 0 Å². The van der Waals surface area contributed by atoms with Gasteiger partial charge in [-0.05, 0) is 20.3 Å². The van der Waals surface area contributed by atoms with Gasteiger partial charge in [0, 0.05) is 6.61 Å². The minimum Gasteiger partial charge on any atom is -0.363 e. The van der Waals surface area contributed by atoms with Crippen LogP contribution < -0.4 is 0 Å². The van der Waals surface area contributed by atoms with Crippen molar-refractivity contribution in [3.05, 3.63) is 0 Å². The van der Waals surface area contributed by atoms with Gasteiger partial charge in [-0.3, -0.25) is 0 Å². The zero-order valence-corrected chi connectivity index (χ0v) is 9.94. The van der Waals surface area contributed by atoms with Crippen LogP contribution in [0.15, 0.2) is 0 Å². The van der Waals surface area contributed by atoms with Crippen LogP contribution in [-0.4, -0.2) is 12.2 Å². The van der Waals surface area contributed by atoms with Crippen molar-refractivity contribution < 1.29 is 4.74 Å². The fraction of sp³-hybridized carbons (Fsp3) is 0.846. The summed E-state index contributed by atoms with van der Waals surface area (Å²) in [5.74, 6) is 2.63. The summed E-state index contributed by atoms with van der Waals surface area (Å²) in [5, 5.41) is 0. The lowest BCUT2D eigenvalue weighted by atomic mass is 10.1. The van der Waals surface area contributed by atoms with Crippen LogP contribution in [0.1, 0.15) is 59.3 Å². The van der Waals surface area contributed by atoms with E-state index in [-0.39, 0.29) is 5.60 Å². The fourth-order valence-corrected chi connectivity index (χ4v) is 1.25.